The fourth-order valence-electron chi connectivity index (χ4n) is 2.00. The van der Waals surface area contributed by atoms with Gasteiger partial charge in [0.2, 0.25) is 0 Å². The van der Waals surface area contributed by atoms with Crippen molar-refractivity contribution < 1.29 is 9.72 Å². The second-order valence-corrected chi connectivity index (χ2v) is 3.76. The van der Waals surface area contributed by atoms with Gasteiger partial charge in [-0.25, -0.2) is 0 Å². The average molecular weight is 205 g/mol. The standard InChI is InChI=1S/C11H11NO3/c13-11-3-1-2-10(11)8-4-6-9(7-5-8)12(14)15/h4-7,10H,1-3H2/t10-/m1/s1. The number of Topliss-reactive ketones (excluding diaryl/α,β-unsaturated/α-hetero) is 1. The first-order valence-electron chi connectivity index (χ1n) is 4.95. The molecule has 0 heterocycles. The highest BCUT2D eigenvalue weighted by molar-refractivity contribution is 5.87. The molecule has 1 aliphatic rings. The Hall–Kier alpha value is -1.71. The molecule has 0 spiro atoms. The van der Waals surface area contributed by atoms with Crippen LogP contribution in [0, 0.1) is 10.1 Å². The minimum Gasteiger partial charge on any atom is -0.299 e. The van der Waals surface area contributed by atoms with Crippen LogP contribution in [0.4, 0.5) is 5.69 Å². The molecule has 1 fully saturated rings. The van der Waals surface area contributed by atoms with Crippen molar-refractivity contribution >= 4 is 11.5 Å². The second kappa shape index (κ2) is 3.81. The van der Waals surface area contributed by atoms with Crippen molar-refractivity contribution in [3.8, 4) is 0 Å². The summed E-state index contributed by atoms with van der Waals surface area (Å²) in [5.41, 5.74) is 0.979. The molecule has 0 N–H and O–H groups in total. The Kier molecular flexibility index (Phi) is 2.49. The first-order valence-corrected chi connectivity index (χ1v) is 4.95. The largest absolute Gasteiger partial charge is 0.299 e. The molecule has 0 saturated heterocycles. The van der Waals surface area contributed by atoms with E-state index in [2.05, 4.69) is 0 Å². The summed E-state index contributed by atoms with van der Waals surface area (Å²) in [7, 11) is 0. The van der Waals surface area contributed by atoms with Gasteiger partial charge >= 0.3 is 0 Å². The monoisotopic (exact) mass is 205 g/mol. The SMILES string of the molecule is O=C1CCC[C@@H]1c1ccc([N+](=O)[O-])cc1. The first kappa shape index (κ1) is 9.83. The van der Waals surface area contributed by atoms with Crippen LogP contribution in [-0.4, -0.2) is 10.7 Å². The second-order valence-electron chi connectivity index (χ2n) is 3.76. The van der Waals surface area contributed by atoms with Crippen molar-refractivity contribution in [1.82, 2.24) is 0 Å². The van der Waals surface area contributed by atoms with Gasteiger partial charge in [-0.1, -0.05) is 12.1 Å². The number of carbonyl (C=O) groups excluding carboxylic acids is 1. The number of hydrogen-bond acceptors (Lipinski definition) is 3. The summed E-state index contributed by atoms with van der Waals surface area (Å²) in [5, 5.41) is 10.4. The molecular formula is C11H11NO3. The van der Waals surface area contributed by atoms with Gasteiger partial charge < -0.3 is 0 Å². The summed E-state index contributed by atoms with van der Waals surface area (Å²) in [4.78, 5) is 21.5. The van der Waals surface area contributed by atoms with E-state index in [9.17, 15) is 14.9 Å². The summed E-state index contributed by atoms with van der Waals surface area (Å²) >= 11 is 0. The fourth-order valence-corrected chi connectivity index (χ4v) is 2.00. The van der Waals surface area contributed by atoms with Crippen molar-refractivity contribution in [3.05, 3.63) is 39.9 Å². The summed E-state index contributed by atoms with van der Waals surface area (Å²) in [6.07, 6.45) is 2.44. The Balaban J connectivity index is 2.23. The van der Waals surface area contributed by atoms with E-state index in [1.165, 1.54) is 12.1 Å². The van der Waals surface area contributed by atoms with Crippen LogP contribution in [0.5, 0.6) is 0 Å². The number of ketones is 1. The van der Waals surface area contributed by atoms with Crippen LogP contribution >= 0.6 is 0 Å². The Morgan fingerprint density at radius 2 is 1.93 bits per heavy atom. The maximum atomic E-state index is 11.5. The van der Waals surface area contributed by atoms with Crippen molar-refractivity contribution in [2.24, 2.45) is 0 Å². The minimum atomic E-state index is -0.430. The third-order valence-corrected chi connectivity index (χ3v) is 2.81. The molecule has 1 atom stereocenters. The zero-order valence-corrected chi connectivity index (χ0v) is 8.18. The van der Waals surface area contributed by atoms with E-state index < -0.39 is 4.92 Å². The topological polar surface area (TPSA) is 60.2 Å². The third-order valence-electron chi connectivity index (χ3n) is 2.81. The molecule has 0 radical (unpaired) electrons. The van der Waals surface area contributed by atoms with E-state index in [1.54, 1.807) is 12.1 Å². The third kappa shape index (κ3) is 1.88. The average Bonchev–Trinajstić information content (AvgIpc) is 2.65. The van der Waals surface area contributed by atoms with Gasteiger partial charge in [-0.05, 0) is 18.4 Å². The summed E-state index contributed by atoms with van der Waals surface area (Å²) < 4.78 is 0. The van der Waals surface area contributed by atoms with Crippen LogP contribution in [0.3, 0.4) is 0 Å². The van der Waals surface area contributed by atoms with Crippen molar-refractivity contribution in [2.45, 2.75) is 25.2 Å². The molecule has 0 bridgehead atoms. The van der Waals surface area contributed by atoms with Crippen molar-refractivity contribution in [3.63, 3.8) is 0 Å². The van der Waals surface area contributed by atoms with Crippen molar-refractivity contribution in [2.75, 3.05) is 0 Å². The lowest BCUT2D eigenvalue weighted by Gasteiger charge is -2.06. The Morgan fingerprint density at radius 1 is 1.27 bits per heavy atom. The Bertz CT molecular complexity index is 397. The molecule has 1 aromatic rings. The highest BCUT2D eigenvalue weighted by Gasteiger charge is 2.25. The molecule has 1 aromatic carbocycles. The molecule has 0 amide bonds. The quantitative estimate of drug-likeness (QED) is 0.550. The number of benzene rings is 1. The number of non-ortho nitro benzene ring substituents is 1. The van der Waals surface area contributed by atoms with Gasteiger partial charge in [0, 0.05) is 24.5 Å². The molecular weight excluding hydrogens is 194 g/mol. The summed E-state index contributed by atoms with van der Waals surface area (Å²) in [6.45, 7) is 0. The minimum absolute atomic E-state index is 0.0363. The predicted molar refractivity (Wildman–Crippen MR) is 54.7 cm³/mol. The van der Waals surface area contributed by atoms with E-state index in [1.807, 2.05) is 0 Å². The highest BCUT2D eigenvalue weighted by Crippen LogP contribution is 2.31. The maximum Gasteiger partial charge on any atom is 0.269 e. The summed E-state index contributed by atoms with van der Waals surface area (Å²) in [5.74, 6) is 0.217. The lowest BCUT2D eigenvalue weighted by atomic mass is 9.97. The van der Waals surface area contributed by atoms with E-state index in [4.69, 9.17) is 0 Å². The van der Waals surface area contributed by atoms with Gasteiger partial charge in [-0.15, -0.1) is 0 Å². The van der Waals surface area contributed by atoms with Gasteiger partial charge in [0.05, 0.1) is 4.92 Å². The van der Waals surface area contributed by atoms with Crippen molar-refractivity contribution in [1.29, 1.82) is 0 Å². The molecule has 0 aromatic heterocycles. The molecule has 1 saturated carbocycles. The Labute approximate surface area is 87.1 Å². The molecule has 0 unspecified atom stereocenters. The zero-order chi connectivity index (χ0) is 10.8. The lowest BCUT2D eigenvalue weighted by molar-refractivity contribution is -0.384. The van der Waals surface area contributed by atoms with E-state index in [0.717, 1.165) is 18.4 Å². The highest BCUT2D eigenvalue weighted by atomic mass is 16.6. The van der Waals surface area contributed by atoms with Crippen LogP contribution < -0.4 is 0 Å². The molecule has 15 heavy (non-hydrogen) atoms. The number of nitro benzene ring substituents is 1. The van der Waals surface area contributed by atoms with E-state index in [0.29, 0.717) is 6.42 Å². The maximum absolute atomic E-state index is 11.5. The molecule has 1 aliphatic carbocycles. The number of nitro groups is 1. The number of nitrogens with zero attached hydrogens (tertiary/aromatic N) is 1. The molecule has 2 rings (SSSR count). The lowest BCUT2D eigenvalue weighted by Crippen LogP contribution is -2.03. The number of hydrogen-bond donors (Lipinski definition) is 0. The molecule has 78 valence electrons. The van der Waals surface area contributed by atoms with Gasteiger partial charge in [-0.2, -0.15) is 0 Å². The smallest absolute Gasteiger partial charge is 0.269 e. The van der Waals surface area contributed by atoms with Gasteiger partial charge in [-0.3, -0.25) is 14.9 Å². The van der Waals surface area contributed by atoms with Crippen LogP contribution in [0.1, 0.15) is 30.7 Å². The molecule has 0 aliphatic heterocycles. The van der Waals surface area contributed by atoms with Gasteiger partial charge in [0.15, 0.2) is 0 Å². The number of carbonyl (C=O) groups is 1. The van der Waals surface area contributed by atoms with E-state index in [-0.39, 0.29) is 17.4 Å². The molecule has 4 heteroatoms. The van der Waals surface area contributed by atoms with Crippen LogP contribution in [0.25, 0.3) is 0 Å². The van der Waals surface area contributed by atoms with Gasteiger partial charge in [0.25, 0.3) is 5.69 Å². The zero-order valence-electron chi connectivity index (χ0n) is 8.18. The van der Waals surface area contributed by atoms with Crippen LogP contribution in [0.2, 0.25) is 0 Å². The normalized spacial score (nSPS) is 20.5. The van der Waals surface area contributed by atoms with Gasteiger partial charge in [0.1, 0.15) is 5.78 Å². The summed E-state index contributed by atoms with van der Waals surface area (Å²) in [6, 6.07) is 6.29. The number of rotatable bonds is 2. The fraction of sp³-hybridized carbons (Fsp3) is 0.364. The Morgan fingerprint density at radius 3 is 2.40 bits per heavy atom. The van der Waals surface area contributed by atoms with Crippen LogP contribution in [-0.2, 0) is 4.79 Å². The van der Waals surface area contributed by atoms with E-state index >= 15 is 0 Å². The first-order chi connectivity index (χ1) is 7.18. The molecule has 4 nitrogen and oxygen atoms in total. The predicted octanol–water partition coefficient (Wildman–Crippen LogP) is 2.43. The van der Waals surface area contributed by atoms with Crippen LogP contribution in [0.15, 0.2) is 24.3 Å².